The van der Waals surface area contributed by atoms with E-state index in [0.29, 0.717) is 19.7 Å². The lowest BCUT2D eigenvalue weighted by atomic mass is 9.89. The van der Waals surface area contributed by atoms with E-state index in [0.717, 1.165) is 37.5 Å². The third-order valence-electron chi connectivity index (χ3n) is 5.49. The molecule has 1 spiro atoms. The molecule has 2 aliphatic heterocycles. The smallest absolute Gasteiger partial charge is 0.263 e. The third-order valence-corrected chi connectivity index (χ3v) is 6.25. The summed E-state index contributed by atoms with van der Waals surface area (Å²) in [4.78, 5) is 33.6. The maximum Gasteiger partial charge on any atom is 0.263 e. The molecule has 2 saturated heterocycles. The summed E-state index contributed by atoms with van der Waals surface area (Å²) in [6.45, 7) is 4.56. The Labute approximate surface area is 162 Å². The quantitative estimate of drug-likeness (QED) is 0.794. The Bertz CT molecular complexity index is 856. The number of amides is 1. The first-order valence-corrected chi connectivity index (χ1v) is 10.1. The van der Waals surface area contributed by atoms with Crippen molar-refractivity contribution < 1.29 is 9.53 Å². The number of morpholine rings is 1. The van der Waals surface area contributed by atoms with Gasteiger partial charge in [-0.1, -0.05) is 0 Å². The second-order valence-corrected chi connectivity index (χ2v) is 8.28. The molecule has 0 radical (unpaired) electrons. The summed E-state index contributed by atoms with van der Waals surface area (Å²) in [6.07, 6.45) is 5.09. The van der Waals surface area contributed by atoms with Gasteiger partial charge in [0.15, 0.2) is 0 Å². The molecule has 27 heavy (non-hydrogen) atoms. The van der Waals surface area contributed by atoms with Crippen LogP contribution in [0.3, 0.4) is 0 Å². The molecule has 0 aromatic carbocycles. The van der Waals surface area contributed by atoms with Crippen LogP contribution in [0.4, 0.5) is 0 Å². The first kappa shape index (κ1) is 18.3. The molecule has 8 heteroatoms. The highest BCUT2D eigenvalue weighted by atomic mass is 32.1. The minimum absolute atomic E-state index is 0.179. The highest BCUT2D eigenvalue weighted by molar-refractivity contribution is 7.09. The van der Waals surface area contributed by atoms with Crippen molar-refractivity contribution in [2.45, 2.75) is 25.0 Å². The minimum Gasteiger partial charge on any atom is -0.372 e. The van der Waals surface area contributed by atoms with Gasteiger partial charge in [-0.2, -0.15) is 0 Å². The van der Waals surface area contributed by atoms with E-state index in [9.17, 15) is 9.59 Å². The first-order chi connectivity index (χ1) is 13.1. The minimum atomic E-state index is -0.244. The zero-order chi connectivity index (χ0) is 18.9. The normalized spacial score (nSPS) is 20.1. The van der Waals surface area contributed by atoms with Crippen LogP contribution >= 0.6 is 11.3 Å². The number of pyridine rings is 1. The largest absolute Gasteiger partial charge is 0.372 e. The maximum absolute atomic E-state index is 12.8. The lowest BCUT2D eigenvalue weighted by Gasteiger charge is -2.47. The van der Waals surface area contributed by atoms with Gasteiger partial charge in [-0.15, -0.1) is 11.3 Å². The highest BCUT2D eigenvalue weighted by Crippen LogP contribution is 2.31. The summed E-state index contributed by atoms with van der Waals surface area (Å²) < 4.78 is 7.61. The number of hydrogen-bond acceptors (Lipinski definition) is 6. The summed E-state index contributed by atoms with van der Waals surface area (Å²) in [7, 11) is 1.66. The van der Waals surface area contributed by atoms with Crippen molar-refractivity contribution in [2.24, 2.45) is 7.05 Å². The van der Waals surface area contributed by atoms with E-state index in [1.165, 1.54) is 4.57 Å². The van der Waals surface area contributed by atoms with Gasteiger partial charge in [0.05, 0.1) is 18.8 Å². The molecule has 0 N–H and O–H groups in total. The van der Waals surface area contributed by atoms with E-state index in [4.69, 9.17) is 4.74 Å². The average Bonchev–Trinajstić information content (AvgIpc) is 3.17. The first-order valence-electron chi connectivity index (χ1n) is 9.26. The molecule has 4 heterocycles. The van der Waals surface area contributed by atoms with Crippen LogP contribution in [0.2, 0.25) is 0 Å². The Morgan fingerprint density at radius 3 is 2.89 bits per heavy atom. The molecule has 4 rings (SSSR count). The van der Waals surface area contributed by atoms with Crippen LogP contribution in [0.25, 0.3) is 0 Å². The van der Waals surface area contributed by atoms with E-state index in [1.54, 1.807) is 41.6 Å². The molecule has 0 aliphatic carbocycles. The maximum atomic E-state index is 12.8. The van der Waals surface area contributed by atoms with Crippen LogP contribution in [-0.2, 0) is 18.3 Å². The van der Waals surface area contributed by atoms with Gasteiger partial charge in [-0.25, -0.2) is 4.98 Å². The van der Waals surface area contributed by atoms with Crippen molar-refractivity contribution in [3.8, 4) is 0 Å². The zero-order valence-corrected chi connectivity index (χ0v) is 16.3. The fourth-order valence-corrected chi connectivity index (χ4v) is 4.59. The number of carbonyl (C=O) groups is 1. The molecule has 0 saturated carbocycles. The van der Waals surface area contributed by atoms with Gasteiger partial charge in [0, 0.05) is 51.0 Å². The Balaban J connectivity index is 1.40. The topological polar surface area (TPSA) is 67.7 Å². The predicted molar refractivity (Wildman–Crippen MR) is 103 cm³/mol. The molecule has 0 bridgehead atoms. The number of piperidine rings is 1. The van der Waals surface area contributed by atoms with Gasteiger partial charge >= 0.3 is 0 Å². The number of likely N-dealkylation sites (tertiary alicyclic amines) is 1. The van der Waals surface area contributed by atoms with Gasteiger partial charge in [-0.3, -0.25) is 14.5 Å². The van der Waals surface area contributed by atoms with Crippen molar-refractivity contribution in [3.05, 3.63) is 50.8 Å². The molecule has 2 aromatic heterocycles. The summed E-state index contributed by atoms with van der Waals surface area (Å²) in [5.41, 5.74) is -0.203. The summed E-state index contributed by atoms with van der Waals surface area (Å²) in [5, 5.41) is 3.13. The van der Waals surface area contributed by atoms with Crippen molar-refractivity contribution in [3.63, 3.8) is 0 Å². The number of ether oxygens (including phenoxy) is 1. The average molecular weight is 388 g/mol. The number of thiazole rings is 1. The molecule has 1 amide bonds. The summed E-state index contributed by atoms with van der Waals surface area (Å²) >= 11 is 1.68. The Morgan fingerprint density at radius 1 is 1.33 bits per heavy atom. The number of aromatic nitrogens is 2. The lowest BCUT2D eigenvalue weighted by Crippen LogP contribution is -2.57. The van der Waals surface area contributed by atoms with Gasteiger partial charge in [0.25, 0.3) is 11.5 Å². The molecule has 7 nitrogen and oxygen atoms in total. The van der Waals surface area contributed by atoms with Crippen molar-refractivity contribution >= 4 is 17.2 Å². The fourth-order valence-electron chi connectivity index (χ4n) is 3.93. The van der Waals surface area contributed by atoms with Crippen molar-refractivity contribution in [1.29, 1.82) is 0 Å². The van der Waals surface area contributed by atoms with E-state index < -0.39 is 0 Å². The fraction of sp³-hybridized carbons (Fsp3) is 0.526. The summed E-state index contributed by atoms with van der Waals surface area (Å²) in [6, 6.07) is 3.35. The molecule has 2 aromatic rings. The second-order valence-electron chi connectivity index (χ2n) is 7.30. The Kier molecular flexibility index (Phi) is 5.12. The van der Waals surface area contributed by atoms with Gasteiger partial charge in [0.2, 0.25) is 0 Å². The molecule has 2 fully saturated rings. The van der Waals surface area contributed by atoms with Crippen LogP contribution in [0, 0.1) is 0 Å². The summed E-state index contributed by atoms with van der Waals surface area (Å²) in [5.74, 6) is -0.179. The zero-order valence-electron chi connectivity index (χ0n) is 15.5. The molecule has 144 valence electrons. The number of carbonyl (C=O) groups excluding carboxylic acids is 1. The van der Waals surface area contributed by atoms with E-state index in [2.05, 4.69) is 9.88 Å². The van der Waals surface area contributed by atoms with Crippen LogP contribution in [-0.4, -0.2) is 63.6 Å². The Morgan fingerprint density at radius 2 is 2.15 bits per heavy atom. The molecule has 2 aliphatic rings. The monoisotopic (exact) mass is 388 g/mol. The van der Waals surface area contributed by atoms with Crippen LogP contribution in [0.15, 0.2) is 34.7 Å². The van der Waals surface area contributed by atoms with Gasteiger partial charge in [0.1, 0.15) is 10.6 Å². The molecule has 0 unspecified atom stereocenters. The SMILES string of the molecule is Cn1cccc(C(=O)N2CCC3(CC2)CN(Cc2nccs2)CCO3)c1=O. The number of aryl methyl sites for hydroxylation is 1. The van der Waals surface area contributed by atoms with Crippen molar-refractivity contribution in [1.82, 2.24) is 19.4 Å². The number of nitrogens with zero attached hydrogens (tertiary/aromatic N) is 4. The molecular formula is C19H24N4O3S. The Hall–Kier alpha value is -2.03. The van der Waals surface area contributed by atoms with E-state index in [-0.39, 0.29) is 22.6 Å². The highest BCUT2D eigenvalue weighted by Gasteiger charge is 2.41. The van der Waals surface area contributed by atoms with Gasteiger partial charge < -0.3 is 14.2 Å². The van der Waals surface area contributed by atoms with Crippen LogP contribution < -0.4 is 5.56 Å². The van der Waals surface area contributed by atoms with Crippen molar-refractivity contribution in [2.75, 3.05) is 32.8 Å². The third kappa shape index (κ3) is 3.83. The predicted octanol–water partition coefficient (Wildman–Crippen LogP) is 1.35. The number of hydrogen-bond donors (Lipinski definition) is 0. The van der Waals surface area contributed by atoms with E-state index in [1.807, 2.05) is 11.6 Å². The van der Waals surface area contributed by atoms with E-state index >= 15 is 0 Å². The van der Waals surface area contributed by atoms with Gasteiger partial charge in [-0.05, 0) is 25.0 Å². The van der Waals surface area contributed by atoms with Crippen LogP contribution in [0.1, 0.15) is 28.2 Å². The molecular weight excluding hydrogens is 364 g/mol. The number of rotatable bonds is 3. The standard InChI is InChI=1S/C19H24N4O3S/c1-21-7-2-3-15(17(21)24)18(25)23-8-4-19(5-9-23)14-22(10-11-26-19)13-16-20-6-12-27-16/h2-3,6-7,12H,4-5,8-11,13-14H2,1H3. The lowest BCUT2D eigenvalue weighted by molar-refractivity contribution is -0.134. The second kappa shape index (κ2) is 7.53. The van der Waals surface area contributed by atoms with Crippen LogP contribution in [0.5, 0.6) is 0 Å². The molecule has 0 atom stereocenters.